The summed E-state index contributed by atoms with van der Waals surface area (Å²) in [5.74, 6) is 3.94. The summed E-state index contributed by atoms with van der Waals surface area (Å²) in [6.45, 7) is 56.0. The van der Waals surface area contributed by atoms with Crippen molar-refractivity contribution >= 4 is 58.1 Å². The Hall–Kier alpha value is -3.93. The molecule has 12 nitrogen and oxygen atoms in total. The van der Waals surface area contributed by atoms with Gasteiger partial charge in [-0.2, -0.15) is 0 Å². The summed E-state index contributed by atoms with van der Waals surface area (Å²) in [5.41, 5.74) is 1.59. The highest BCUT2D eigenvalue weighted by molar-refractivity contribution is 6.64. The molecule has 1 N–H and O–H groups in total. The van der Waals surface area contributed by atoms with Crippen molar-refractivity contribution in [3.8, 4) is 0 Å². The summed E-state index contributed by atoms with van der Waals surface area (Å²) >= 11 is 6.34. The SMILES string of the molecule is CC(=O)O[C@@H]1CC[C@@]2(C)C(CC[C@]3(C)C2C(=O)C=C2C4[C@@H](C)[C@H](C)CC[C@]4(C)CC[C@]23C)C1(C)C.CC(=O)O[C@@H]1CC[C@@]2(C)C(CC[C@]3(C)C2C(=O)C=C2C4[C@@H](C)[C@H](C)CC[C@]4(C)CC[C@]23C)[C@@]1(C)C(=O)Cl.CC(=O)O[C@@H]1CC[C@@]2(C)C(CC[C@]3(C)C2C(=O)C=C2C4[C@@H](C)[C@H](C)CC[C@]4(C)CC[C@]23C)[C@@]1(C)C(=O)O. The maximum Gasteiger partial charge on any atom is 0.313 e. The normalized spacial score (nSPS) is 53.0. The number of fused-ring (bicyclic) bond motifs is 21. The summed E-state index contributed by atoms with van der Waals surface area (Å²) in [4.78, 5) is 105. The molecule has 0 heterocycles. The summed E-state index contributed by atoms with van der Waals surface area (Å²) in [6.07, 6.45) is 29.7. The van der Waals surface area contributed by atoms with Crippen LogP contribution < -0.4 is 0 Å². The van der Waals surface area contributed by atoms with Crippen molar-refractivity contribution in [2.24, 2.45) is 170 Å². The maximum atomic E-state index is 14.4. The molecule has 0 spiro atoms. The van der Waals surface area contributed by atoms with Crippen molar-refractivity contribution in [1.82, 2.24) is 0 Å². The van der Waals surface area contributed by atoms with Gasteiger partial charge in [0.25, 0.3) is 0 Å². The molecule has 0 radical (unpaired) electrons. The number of carbonyl (C=O) groups is 8. The van der Waals surface area contributed by atoms with E-state index in [2.05, 4.69) is 157 Å². The molecular formula is C96H145ClO12. The lowest BCUT2D eigenvalue weighted by atomic mass is 9.33. The summed E-state index contributed by atoms with van der Waals surface area (Å²) in [6, 6.07) is 0. The number of carboxylic acid groups (broad SMARTS) is 1. The van der Waals surface area contributed by atoms with Gasteiger partial charge in [-0.1, -0.05) is 155 Å². The molecule has 9 unspecified atom stereocenters. The lowest BCUT2D eigenvalue weighted by Crippen LogP contribution is -2.68. The molecule has 12 fully saturated rings. The maximum absolute atomic E-state index is 14.4. The van der Waals surface area contributed by atoms with Crippen LogP contribution in [0.5, 0.6) is 0 Å². The van der Waals surface area contributed by atoms with E-state index in [0.717, 1.165) is 76.5 Å². The van der Waals surface area contributed by atoms with E-state index in [1.54, 1.807) is 6.92 Å². The summed E-state index contributed by atoms with van der Waals surface area (Å²) < 4.78 is 17.2. The minimum absolute atomic E-state index is 0.00843. The zero-order valence-electron chi connectivity index (χ0n) is 72.4. The van der Waals surface area contributed by atoms with E-state index in [0.29, 0.717) is 83.7 Å². The first-order valence-corrected chi connectivity index (χ1v) is 44.3. The highest BCUT2D eigenvalue weighted by Gasteiger charge is 2.76. The molecule has 15 aliphatic rings. The third-order valence-electron chi connectivity index (χ3n) is 40.4. The van der Waals surface area contributed by atoms with Crippen molar-refractivity contribution in [3.63, 3.8) is 0 Å². The van der Waals surface area contributed by atoms with E-state index < -0.39 is 45.6 Å². The molecule has 0 amide bonds. The van der Waals surface area contributed by atoms with E-state index >= 15 is 0 Å². The van der Waals surface area contributed by atoms with Gasteiger partial charge < -0.3 is 19.3 Å². The highest BCUT2D eigenvalue weighted by atomic mass is 35.5. The molecular weight excluding hydrogens is 1380 g/mol. The topological polar surface area (TPSA) is 184 Å². The molecule has 13 heteroatoms. The molecule has 15 rings (SSSR count). The Kier molecular flexibility index (Phi) is 20.4. The highest BCUT2D eigenvalue weighted by Crippen LogP contribution is 2.80. The van der Waals surface area contributed by atoms with Gasteiger partial charge in [-0.15, -0.1) is 0 Å². The van der Waals surface area contributed by atoms with Crippen LogP contribution in [-0.4, -0.2) is 69.9 Å². The lowest BCUT2D eigenvalue weighted by Gasteiger charge is -2.70. The average molecular weight is 1530 g/mol. The number of hydrogen-bond donors (Lipinski definition) is 1. The largest absolute Gasteiger partial charge is 0.481 e. The van der Waals surface area contributed by atoms with Gasteiger partial charge in [0.15, 0.2) is 17.3 Å². The van der Waals surface area contributed by atoms with Gasteiger partial charge in [0.2, 0.25) is 5.24 Å². The first-order chi connectivity index (χ1) is 50.2. The van der Waals surface area contributed by atoms with Gasteiger partial charge in [-0.3, -0.25) is 38.4 Å². The Balaban J connectivity index is 0.000000144. The van der Waals surface area contributed by atoms with Crippen LogP contribution in [0.15, 0.2) is 34.9 Å². The number of ketones is 3. The third kappa shape index (κ3) is 11.4. The number of hydrogen-bond acceptors (Lipinski definition) is 11. The molecule has 15 aliphatic carbocycles. The number of allylic oxidation sites excluding steroid dienone is 6. The van der Waals surface area contributed by atoms with Gasteiger partial charge in [-0.25, -0.2) is 0 Å². The van der Waals surface area contributed by atoms with Crippen LogP contribution in [0, 0.1) is 170 Å². The fourth-order valence-electron chi connectivity index (χ4n) is 33.1. The van der Waals surface area contributed by atoms with Gasteiger partial charge in [0, 0.05) is 43.9 Å². The fraction of sp³-hybridized carbons (Fsp3) is 0.854. The Bertz CT molecular complexity index is 3690. The second-order valence-electron chi connectivity index (χ2n) is 45.2. The standard InChI is InChI=1S/C32H47ClO4.C32H48O5.C32H50O3/c1-18-9-12-28(4)15-16-30(6)21(25(28)19(18)2)17-22(35)26-29(5)13-11-24(37-20(3)34)32(8,27(33)36)23(29)10-14-31(26,30)7;1-18-9-12-28(4)15-16-30(6)21(25(28)19(18)2)17-22(34)26-29(5)13-11-24(37-20(3)33)32(8,27(35)36)23(29)10-14-31(26,30)7;1-19-10-13-29(6)16-17-31(8)22(26(29)20(19)2)18-23(34)27-30(7)14-12-25(35-21(3)33)28(4,5)24(30)11-15-32(27,31)9/h17-19,23-26H,9-16H2,1-8H3;17-19,23-26H,9-16H2,1-8H3,(H,35,36);18-20,24-27H,10-17H2,1-9H3/t2*18-,19+,23?,24-,25?,26?,28-,29+,30-,31-,32-;19-,20+,24?,25-,26?,27?,29-,30+,31-,32-/m111/s1. The molecule has 0 bridgehead atoms. The third-order valence-corrected chi connectivity index (χ3v) is 40.8. The van der Waals surface area contributed by atoms with Crippen molar-refractivity contribution in [2.45, 2.75) is 346 Å². The Labute approximate surface area is 662 Å². The second kappa shape index (κ2) is 26.8. The van der Waals surface area contributed by atoms with Crippen LogP contribution in [-0.2, 0) is 52.6 Å². The monoisotopic (exact) mass is 1530 g/mol. The molecule has 12 saturated carbocycles. The second-order valence-corrected chi connectivity index (χ2v) is 45.6. The van der Waals surface area contributed by atoms with Gasteiger partial charge in [0.05, 0.1) is 5.41 Å². The first kappa shape index (κ1) is 83.0. The number of ether oxygens (including phenoxy) is 3. The van der Waals surface area contributed by atoms with Crippen molar-refractivity contribution in [3.05, 3.63) is 34.9 Å². The molecule has 608 valence electrons. The molecule has 0 aliphatic heterocycles. The Morgan fingerprint density at radius 1 is 0.358 bits per heavy atom. The van der Waals surface area contributed by atoms with Crippen LogP contribution in [0.1, 0.15) is 327 Å². The van der Waals surface area contributed by atoms with Crippen molar-refractivity contribution in [1.29, 1.82) is 0 Å². The number of carbonyl (C=O) groups excluding carboxylic acids is 7. The zero-order chi connectivity index (χ0) is 80.5. The van der Waals surface area contributed by atoms with E-state index in [1.165, 1.54) is 102 Å². The quantitative estimate of drug-likeness (QED) is 0.156. The molecule has 32 atom stereocenters. The number of rotatable bonds is 5. The van der Waals surface area contributed by atoms with E-state index in [1.807, 2.05) is 6.92 Å². The van der Waals surface area contributed by atoms with Gasteiger partial charge in [-0.05, 0) is 334 Å². The number of halogens is 1. The first-order valence-electron chi connectivity index (χ1n) is 44.0. The Morgan fingerprint density at radius 2 is 0.633 bits per heavy atom. The van der Waals surface area contributed by atoms with Crippen LogP contribution in [0.4, 0.5) is 0 Å². The minimum atomic E-state index is -1.20. The summed E-state index contributed by atoms with van der Waals surface area (Å²) in [5, 5.41) is 10.1. The molecule has 0 aromatic rings. The predicted molar refractivity (Wildman–Crippen MR) is 429 cm³/mol. The van der Waals surface area contributed by atoms with Gasteiger partial charge >= 0.3 is 23.9 Å². The molecule has 109 heavy (non-hydrogen) atoms. The average Bonchev–Trinajstić information content (AvgIpc) is 0.679. The lowest BCUT2D eigenvalue weighted by molar-refractivity contribution is -0.220. The summed E-state index contributed by atoms with van der Waals surface area (Å²) in [7, 11) is 0. The van der Waals surface area contributed by atoms with Crippen molar-refractivity contribution < 1.29 is 57.7 Å². The fourth-order valence-corrected chi connectivity index (χ4v) is 33.3. The number of esters is 3. The smallest absolute Gasteiger partial charge is 0.313 e. The number of aliphatic carboxylic acids is 1. The van der Waals surface area contributed by atoms with E-state index in [-0.39, 0.29) is 119 Å². The Morgan fingerprint density at radius 3 is 0.936 bits per heavy atom. The van der Waals surface area contributed by atoms with Crippen LogP contribution in [0.2, 0.25) is 0 Å². The predicted octanol–water partition coefficient (Wildman–Crippen LogP) is 22.1. The van der Waals surface area contributed by atoms with E-state index in [9.17, 15) is 43.5 Å². The van der Waals surface area contributed by atoms with Gasteiger partial charge in [0.1, 0.15) is 23.7 Å². The molecule has 0 aromatic carbocycles. The van der Waals surface area contributed by atoms with Crippen LogP contribution in [0.25, 0.3) is 0 Å². The minimum Gasteiger partial charge on any atom is -0.481 e. The number of carboxylic acids is 1. The van der Waals surface area contributed by atoms with Crippen LogP contribution in [0.3, 0.4) is 0 Å². The van der Waals surface area contributed by atoms with E-state index in [4.69, 9.17) is 25.8 Å². The zero-order valence-corrected chi connectivity index (χ0v) is 73.2. The van der Waals surface area contributed by atoms with Crippen LogP contribution >= 0.6 is 11.6 Å². The molecule has 0 saturated heterocycles. The van der Waals surface area contributed by atoms with Crippen molar-refractivity contribution in [2.75, 3.05) is 0 Å². The molecule has 0 aromatic heterocycles.